The van der Waals surface area contributed by atoms with Gasteiger partial charge in [-0.15, -0.1) is 0 Å². The van der Waals surface area contributed by atoms with Gasteiger partial charge in [0.1, 0.15) is 11.8 Å². The molecule has 1 aromatic rings. The molecule has 6 heteroatoms. The average molecular weight is 362 g/mol. The van der Waals surface area contributed by atoms with Crippen LogP contribution in [-0.2, 0) is 20.7 Å². The van der Waals surface area contributed by atoms with Gasteiger partial charge >= 0.3 is 5.97 Å². The summed E-state index contributed by atoms with van der Waals surface area (Å²) in [5, 5.41) is 2.86. The number of ether oxygens (including phenoxy) is 2. The molecule has 0 radical (unpaired) electrons. The van der Waals surface area contributed by atoms with Gasteiger partial charge in [-0.1, -0.05) is 19.1 Å². The van der Waals surface area contributed by atoms with E-state index in [9.17, 15) is 9.59 Å². The van der Waals surface area contributed by atoms with E-state index in [0.717, 1.165) is 43.8 Å². The number of esters is 1. The van der Waals surface area contributed by atoms with Crippen LogP contribution in [0.4, 0.5) is 0 Å². The molecule has 1 atom stereocenters. The second-order valence-electron chi connectivity index (χ2n) is 6.78. The molecular weight excluding hydrogens is 332 g/mol. The normalized spacial score (nSPS) is 16.7. The van der Waals surface area contributed by atoms with Crippen LogP contribution in [0.1, 0.15) is 31.7 Å². The van der Waals surface area contributed by atoms with Crippen LogP contribution in [0.15, 0.2) is 24.3 Å². The molecule has 144 valence electrons. The molecule has 1 saturated heterocycles. The summed E-state index contributed by atoms with van der Waals surface area (Å²) in [6, 6.07) is 6.80. The van der Waals surface area contributed by atoms with Crippen LogP contribution in [-0.4, -0.2) is 56.7 Å². The van der Waals surface area contributed by atoms with Crippen LogP contribution in [0.25, 0.3) is 0 Å². The lowest BCUT2D eigenvalue weighted by molar-refractivity contribution is -0.145. The highest BCUT2D eigenvalue weighted by Crippen LogP contribution is 2.20. The minimum absolute atomic E-state index is 0.0850. The highest BCUT2D eigenvalue weighted by Gasteiger charge is 2.25. The predicted octanol–water partition coefficient (Wildman–Crippen LogP) is 2.02. The lowest BCUT2D eigenvalue weighted by atomic mass is 9.93. The molecule has 1 fully saturated rings. The van der Waals surface area contributed by atoms with E-state index < -0.39 is 12.0 Å². The van der Waals surface area contributed by atoms with Crippen molar-refractivity contribution in [1.82, 2.24) is 10.2 Å². The summed E-state index contributed by atoms with van der Waals surface area (Å²) in [7, 11) is 2.94. The third-order valence-electron chi connectivity index (χ3n) is 5.02. The average Bonchev–Trinajstić information content (AvgIpc) is 2.67. The van der Waals surface area contributed by atoms with E-state index >= 15 is 0 Å². The van der Waals surface area contributed by atoms with E-state index in [-0.39, 0.29) is 5.91 Å². The highest BCUT2D eigenvalue weighted by molar-refractivity contribution is 5.84. The van der Waals surface area contributed by atoms with Crippen molar-refractivity contribution in [3.8, 4) is 5.75 Å². The number of hydrogen-bond donors (Lipinski definition) is 1. The number of piperidine rings is 1. The number of hydrogen-bond acceptors (Lipinski definition) is 5. The molecular formula is C20H30N2O4. The lowest BCUT2D eigenvalue weighted by Crippen LogP contribution is -2.44. The number of methoxy groups -OCH3 is 2. The zero-order chi connectivity index (χ0) is 18.9. The Morgan fingerprint density at radius 1 is 1.27 bits per heavy atom. The molecule has 0 bridgehead atoms. The van der Waals surface area contributed by atoms with Crippen molar-refractivity contribution in [3.05, 3.63) is 29.8 Å². The molecule has 6 nitrogen and oxygen atoms in total. The maximum atomic E-state index is 12.4. The number of rotatable bonds is 8. The molecule has 1 aromatic carbocycles. The van der Waals surface area contributed by atoms with Crippen molar-refractivity contribution in [2.45, 2.75) is 38.6 Å². The van der Waals surface area contributed by atoms with E-state index in [1.165, 1.54) is 7.11 Å². The number of benzene rings is 1. The molecule has 2 rings (SSSR count). The van der Waals surface area contributed by atoms with Crippen LogP contribution in [0, 0.1) is 5.92 Å². The summed E-state index contributed by atoms with van der Waals surface area (Å²) < 4.78 is 10.1. The van der Waals surface area contributed by atoms with E-state index in [4.69, 9.17) is 9.47 Å². The molecule has 0 saturated carbocycles. The Hall–Kier alpha value is -2.08. The van der Waals surface area contributed by atoms with Gasteiger partial charge in [0.05, 0.1) is 14.2 Å². The number of amides is 1. The number of nitrogens with zero attached hydrogens (tertiary/aromatic N) is 1. The first kappa shape index (κ1) is 20.2. The molecule has 1 heterocycles. The number of carbonyl (C=O) groups is 2. The van der Waals surface area contributed by atoms with Crippen molar-refractivity contribution in [2.24, 2.45) is 5.92 Å². The summed E-state index contributed by atoms with van der Waals surface area (Å²) >= 11 is 0. The quantitative estimate of drug-likeness (QED) is 0.717. The van der Waals surface area contributed by atoms with Crippen molar-refractivity contribution in [3.63, 3.8) is 0 Å². The fraction of sp³-hybridized carbons (Fsp3) is 0.600. The first-order valence-electron chi connectivity index (χ1n) is 9.28. The van der Waals surface area contributed by atoms with Crippen LogP contribution < -0.4 is 10.1 Å². The van der Waals surface area contributed by atoms with Gasteiger partial charge in [0.25, 0.3) is 0 Å². The molecule has 26 heavy (non-hydrogen) atoms. The van der Waals surface area contributed by atoms with Crippen molar-refractivity contribution in [1.29, 1.82) is 0 Å². The monoisotopic (exact) mass is 362 g/mol. The standard InChI is InChI=1S/C20H30N2O4/c1-4-22-10-8-15(9-11-22)14-19(23)21-18(20(24)26-3)13-16-6-5-7-17(12-16)25-2/h5-7,12,15,18H,4,8-11,13-14H2,1-3H3,(H,21,23). The van der Waals surface area contributed by atoms with Crippen LogP contribution in [0.2, 0.25) is 0 Å². The largest absolute Gasteiger partial charge is 0.497 e. The Labute approximate surface area is 155 Å². The van der Waals surface area contributed by atoms with Gasteiger partial charge in [-0.3, -0.25) is 4.79 Å². The molecule has 1 N–H and O–H groups in total. The molecule has 0 spiro atoms. The van der Waals surface area contributed by atoms with Gasteiger partial charge < -0.3 is 19.7 Å². The minimum atomic E-state index is -0.685. The SMILES string of the molecule is CCN1CCC(CC(=O)NC(Cc2cccc(OC)c2)C(=O)OC)CC1. The van der Waals surface area contributed by atoms with E-state index in [1.807, 2.05) is 24.3 Å². The molecule has 0 aliphatic carbocycles. The number of likely N-dealkylation sites (tertiary alicyclic amines) is 1. The third-order valence-corrected chi connectivity index (χ3v) is 5.02. The summed E-state index contributed by atoms with van der Waals surface area (Å²) in [5.74, 6) is 0.591. The summed E-state index contributed by atoms with van der Waals surface area (Å²) in [6.45, 7) is 5.30. The van der Waals surface area contributed by atoms with E-state index in [0.29, 0.717) is 18.8 Å². The number of carbonyl (C=O) groups excluding carboxylic acids is 2. The van der Waals surface area contributed by atoms with Gasteiger partial charge in [-0.2, -0.15) is 0 Å². The molecule has 1 amide bonds. The summed E-state index contributed by atoms with van der Waals surface area (Å²) in [6.07, 6.45) is 2.90. The molecule has 0 aromatic heterocycles. The zero-order valence-electron chi connectivity index (χ0n) is 16.0. The second-order valence-corrected chi connectivity index (χ2v) is 6.78. The fourth-order valence-electron chi connectivity index (χ4n) is 3.39. The Balaban J connectivity index is 1.92. The zero-order valence-corrected chi connectivity index (χ0v) is 16.0. The van der Waals surface area contributed by atoms with Crippen LogP contribution in [0.3, 0.4) is 0 Å². The van der Waals surface area contributed by atoms with Gasteiger partial charge in [-0.25, -0.2) is 4.79 Å². The highest BCUT2D eigenvalue weighted by atomic mass is 16.5. The summed E-state index contributed by atoms with van der Waals surface area (Å²) in [4.78, 5) is 27.0. The topological polar surface area (TPSA) is 67.9 Å². The summed E-state index contributed by atoms with van der Waals surface area (Å²) in [5.41, 5.74) is 0.913. The van der Waals surface area contributed by atoms with Crippen molar-refractivity contribution < 1.29 is 19.1 Å². The predicted molar refractivity (Wildman–Crippen MR) is 100 cm³/mol. The van der Waals surface area contributed by atoms with Crippen molar-refractivity contribution in [2.75, 3.05) is 33.9 Å². The molecule has 1 unspecified atom stereocenters. The van der Waals surface area contributed by atoms with Gasteiger partial charge in [0, 0.05) is 12.8 Å². The Morgan fingerprint density at radius 2 is 2.00 bits per heavy atom. The number of nitrogens with one attached hydrogen (secondary N) is 1. The Morgan fingerprint density at radius 3 is 2.62 bits per heavy atom. The fourth-order valence-corrected chi connectivity index (χ4v) is 3.39. The maximum absolute atomic E-state index is 12.4. The van der Waals surface area contributed by atoms with Crippen LogP contribution in [0.5, 0.6) is 5.75 Å². The van der Waals surface area contributed by atoms with Gasteiger partial charge in [-0.05, 0) is 56.1 Å². The van der Waals surface area contributed by atoms with E-state index in [2.05, 4.69) is 17.1 Å². The minimum Gasteiger partial charge on any atom is -0.497 e. The van der Waals surface area contributed by atoms with E-state index in [1.54, 1.807) is 7.11 Å². The van der Waals surface area contributed by atoms with Crippen LogP contribution >= 0.6 is 0 Å². The first-order chi connectivity index (χ1) is 12.5. The first-order valence-corrected chi connectivity index (χ1v) is 9.28. The maximum Gasteiger partial charge on any atom is 0.328 e. The molecule has 1 aliphatic heterocycles. The lowest BCUT2D eigenvalue weighted by Gasteiger charge is -2.30. The second kappa shape index (κ2) is 10.2. The Bertz CT molecular complexity index is 597. The van der Waals surface area contributed by atoms with Crippen molar-refractivity contribution >= 4 is 11.9 Å². The van der Waals surface area contributed by atoms with Gasteiger partial charge in [0.15, 0.2) is 0 Å². The smallest absolute Gasteiger partial charge is 0.328 e. The van der Waals surface area contributed by atoms with Gasteiger partial charge in [0.2, 0.25) is 5.91 Å². The third kappa shape index (κ3) is 6.02. The molecule has 1 aliphatic rings. The Kier molecular flexibility index (Phi) is 7.91.